The smallest absolute Gasteiger partial charge is 0.383 e. The molecule has 7 heteroatoms. The first-order valence-electron chi connectivity index (χ1n) is 7.56. The Hall–Kier alpha value is -2.51. The van der Waals surface area contributed by atoms with E-state index in [2.05, 4.69) is 0 Å². The minimum absolute atomic E-state index is 0.115. The van der Waals surface area contributed by atoms with Crippen LogP contribution in [-0.4, -0.2) is 41.2 Å². The minimum atomic E-state index is -1.06. The molecule has 0 bridgehead atoms. The van der Waals surface area contributed by atoms with Crippen LogP contribution in [-0.2, 0) is 0 Å². The maximum absolute atomic E-state index is 12.0. The Morgan fingerprint density at radius 3 is 2.79 bits per heavy atom. The largest absolute Gasteiger partial charge is 0.503 e. The van der Waals surface area contributed by atoms with Crippen LogP contribution in [0, 0.1) is 0 Å². The molecule has 0 radical (unpaired) electrons. The van der Waals surface area contributed by atoms with Gasteiger partial charge < -0.3 is 29.2 Å². The lowest BCUT2D eigenvalue weighted by Gasteiger charge is -2.13. The molecule has 1 unspecified atom stereocenters. The molecule has 0 saturated heterocycles. The summed E-state index contributed by atoms with van der Waals surface area (Å²) in [7, 11) is 0. The van der Waals surface area contributed by atoms with Crippen molar-refractivity contribution < 1.29 is 29.2 Å². The molecule has 1 aromatic carbocycles. The molecule has 7 nitrogen and oxygen atoms in total. The highest BCUT2D eigenvalue weighted by Gasteiger charge is 2.19. The van der Waals surface area contributed by atoms with Crippen LogP contribution in [0.2, 0.25) is 0 Å². The molecule has 24 heavy (non-hydrogen) atoms. The van der Waals surface area contributed by atoms with E-state index < -0.39 is 18.3 Å². The molecule has 2 aromatic rings. The monoisotopic (exact) mass is 336 g/mol. The summed E-state index contributed by atoms with van der Waals surface area (Å²) in [5.74, 6) is -0.488. The fraction of sp³-hybridized carbons (Fsp3) is 0.353. The van der Waals surface area contributed by atoms with E-state index in [-0.39, 0.29) is 41.4 Å². The van der Waals surface area contributed by atoms with E-state index in [9.17, 15) is 15.0 Å². The SMILES string of the molecule is CCC=CCOc1c(O)c2c(OCC(O)CO)cccc2oc1=O. The summed E-state index contributed by atoms with van der Waals surface area (Å²) in [4.78, 5) is 12.0. The van der Waals surface area contributed by atoms with E-state index in [0.717, 1.165) is 6.42 Å². The first-order valence-corrected chi connectivity index (χ1v) is 7.56. The fourth-order valence-electron chi connectivity index (χ4n) is 2.04. The average molecular weight is 336 g/mol. The van der Waals surface area contributed by atoms with E-state index in [1.807, 2.05) is 13.0 Å². The van der Waals surface area contributed by atoms with Crippen LogP contribution in [0.4, 0.5) is 0 Å². The first-order chi connectivity index (χ1) is 11.6. The lowest BCUT2D eigenvalue weighted by Crippen LogP contribution is -2.21. The second kappa shape index (κ2) is 8.37. The van der Waals surface area contributed by atoms with Gasteiger partial charge >= 0.3 is 5.63 Å². The maximum Gasteiger partial charge on any atom is 0.383 e. The summed E-state index contributed by atoms with van der Waals surface area (Å²) in [6.07, 6.45) is 3.36. The third-order valence-corrected chi connectivity index (χ3v) is 3.20. The van der Waals surface area contributed by atoms with Crippen molar-refractivity contribution in [1.82, 2.24) is 0 Å². The zero-order chi connectivity index (χ0) is 17.5. The molecule has 0 fully saturated rings. The zero-order valence-electron chi connectivity index (χ0n) is 13.3. The van der Waals surface area contributed by atoms with Crippen LogP contribution in [0.25, 0.3) is 11.0 Å². The molecule has 1 atom stereocenters. The van der Waals surface area contributed by atoms with Crippen LogP contribution < -0.4 is 15.1 Å². The third kappa shape index (κ3) is 4.06. The number of hydrogen-bond acceptors (Lipinski definition) is 7. The molecule has 0 aliphatic heterocycles. The molecule has 0 amide bonds. The van der Waals surface area contributed by atoms with Gasteiger partial charge in [-0.3, -0.25) is 0 Å². The van der Waals surface area contributed by atoms with Gasteiger partial charge in [0.15, 0.2) is 5.75 Å². The van der Waals surface area contributed by atoms with Gasteiger partial charge in [0.05, 0.1) is 6.61 Å². The van der Waals surface area contributed by atoms with Gasteiger partial charge in [0.2, 0.25) is 5.75 Å². The highest BCUT2D eigenvalue weighted by atomic mass is 16.5. The molecular formula is C17H20O7. The van der Waals surface area contributed by atoms with Crippen molar-refractivity contribution in [3.8, 4) is 17.2 Å². The quantitative estimate of drug-likeness (QED) is 0.496. The van der Waals surface area contributed by atoms with Crippen molar-refractivity contribution >= 4 is 11.0 Å². The lowest BCUT2D eigenvalue weighted by atomic mass is 10.2. The Morgan fingerprint density at radius 2 is 2.08 bits per heavy atom. The highest BCUT2D eigenvalue weighted by Crippen LogP contribution is 2.37. The predicted octanol–water partition coefficient (Wildman–Crippen LogP) is 1.58. The minimum Gasteiger partial charge on any atom is -0.503 e. The van der Waals surface area contributed by atoms with E-state index in [0.29, 0.717) is 0 Å². The van der Waals surface area contributed by atoms with Crippen LogP contribution in [0.3, 0.4) is 0 Å². The number of rotatable bonds is 8. The summed E-state index contributed by atoms with van der Waals surface area (Å²) in [6.45, 7) is 1.44. The third-order valence-electron chi connectivity index (χ3n) is 3.20. The van der Waals surface area contributed by atoms with Crippen LogP contribution in [0.5, 0.6) is 17.2 Å². The van der Waals surface area contributed by atoms with E-state index >= 15 is 0 Å². The maximum atomic E-state index is 12.0. The van der Waals surface area contributed by atoms with Gasteiger partial charge in [0.25, 0.3) is 0 Å². The zero-order valence-corrected chi connectivity index (χ0v) is 13.3. The second-order valence-electron chi connectivity index (χ2n) is 5.03. The molecule has 3 N–H and O–H groups in total. The summed E-state index contributed by atoms with van der Waals surface area (Å²) < 4.78 is 15.8. The molecule has 1 heterocycles. The molecule has 0 aliphatic carbocycles. The predicted molar refractivity (Wildman–Crippen MR) is 87.7 cm³/mol. The molecule has 2 rings (SSSR count). The highest BCUT2D eigenvalue weighted by molar-refractivity contribution is 5.91. The number of ether oxygens (including phenoxy) is 2. The first kappa shape index (κ1) is 17.8. The Balaban J connectivity index is 2.39. The van der Waals surface area contributed by atoms with Gasteiger partial charge in [-0.2, -0.15) is 0 Å². The van der Waals surface area contributed by atoms with E-state index in [1.54, 1.807) is 18.2 Å². The van der Waals surface area contributed by atoms with Crippen LogP contribution >= 0.6 is 0 Å². The second-order valence-corrected chi connectivity index (χ2v) is 5.03. The van der Waals surface area contributed by atoms with Gasteiger partial charge in [0, 0.05) is 0 Å². The summed E-state index contributed by atoms with van der Waals surface area (Å²) in [5.41, 5.74) is -0.664. The van der Waals surface area contributed by atoms with Crippen LogP contribution in [0.1, 0.15) is 13.3 Å². The van der Waals surface area contributed by atoms with Crippen molar-refractivity contribution in [3.63, 3.8) is 0 Å². The molecule has 0 aliphatic rings. The topological polar surface area (TPSA) is 109 Å². The van der Waals surface area contributed by atoms with Gasteiger partial charge in [-0.1, -0.05) is 25.1 Å². The van der Waals surface area contributed by atoms with Crippen molar-refractivity contribution in [2.75, 3.05) is 19.8 Å². The Labute approximate surface area is 138 Å². The molecular weight excluding hydrogens is 316 g/mol. The van der Waals surface area contributed by atoms with Crippen molar-refractivity contribution in [2.24, 2.45) is 0 Å². The number of hydrogen-bond donors (Lipinski definition) is 3. The average Bonchev–Trinajstić information content (AvgIpc) is 2.58. The Morgan fingerprint density at radius 1 is 1.29 bits per heavy atom. The summed E-state index contributed by atoms with van der Waals surface area (Å²) >= 11 is 0. The van der Waals surface area contributed by atoms with Crippen molar-refractivity contribution in [2.45, 2.75) is 19.4 Å². The van der Waals surface area contributed by atoms with E-state index in [1.165, 1.54) is 6.07 Å². The molecule has 130 valence electrons. The standard InChI is InChI=1S/C17H20O7/c1-2-3-4-8-22-16-15(20)14-12(23-10-11(19)9-18)6-5-7-13(14)24-17(16)21/h3-7,11,18-20H,2,8-10H2,1H3. The van der Waals surface area contributed by atoms with Gasteiger partial charge in [-0.25, -0.2) is 4.79 Å². The van der Waals surface area contributed by atoms with Gasteiger partial charge in [0.1, 0.15) is 36.0 Å². The number of aliphatic hydroxyl groups is 2. The number of aliphatic hydroxyl groups excluding tert-OH is 2. The number of benzene rings is 1. The van der Waals surface area contributed by atoms with Crippen molar-refractivity contribution in [1.29, 1.82) is 0 Å². The molecule has 0 spiro atoms. The number of aromatic hydroxyl groups is 1. The Bertz CT molecular complexity index is 763. The van der Waals surface area contributed by atoms with E-state index in [4.69, 9.17) is 19.0 Å². The lowest BCUT2D eigenvalue weighted by molar-refractivity contribution is 0.0540. The number of allylic oxidation sites excluding steroid dienone is 1. The normalized spacial score (nSPS) is 12.6. The summed E-state index contributed by atoms with van der Waals surface area (Å²) in [5, 5.41) is 28.8. The fourth-order valence-corrected chi connectivity index (χ4v) is 2.04. The molecule has 1 aromatic heterocycles. The van der Waals surface area contributed by atoms with Crippen LogP contribution in [0.15, 0.2) is 39.6 Å². The number of fused-ring (bicyclic) bond motifs is 1. The van der Waals surface area contributed by atoms with Gasteiger partial charge in [-0.15, -0.1) is 0 Å². The Kier molecular flexibility index (Phi) is 6.22. The molecule has 0 saturated carbocycles. The summed E-state index contributed by atoms with van der Waals surface area (Å²) in [6, 6.07) is 4.63. The van der Waals surface area contributed by atoms with Crippen molar-refractivity contribution in [3.05, 3.63) is 40.8 Å². The van der Waals surface area contributed by atoms with Gasteiger partial charge in [-0.05, 0) is 18.6 Å².